The van der Waals surface area contributed by atoms with Gasteiger partial charge in [-0.2, -0.15) is 5.10 Å². The fourth-order valence-corrected chi connectivity index (χ4v) is 2.51. The molecule has 1 aromatic heterocycles. The molecule has 0 spiro atoms. The first-order valence-corrected chi connectivity index (χ1v) is 7.47. The molecule has 110 valence electrons. The van der Waals surface area contributed by atoms with Crippen LogP contribution in [0.15, 0.2) is 0 Å². The molecule has 0 atom stereocenters. The Morgan fingerprint density at radius 3 is 2.26 bits per heavy atom. The van der Waals surface area contributed by atoms with E-state index in [1.807, 2.05) is 25.6 Å². The van der Waals surface area contributed by atoms with Crippen LogP contribution in [-0.2, 0) is 26.4 Å². The lowest BCUT2D eigenvalue weighted by Crippen LogP contribution is -2.39. The molecule has 0 aliphatic heterocycles. The molecule has 0 aliphatic carbocycles. The number of aryl methyl sites for hydroxylation is 2. The molecule has 0 unspecified atom stereocenters. The lowest BCUT2D eigenvalue weighted by atomic mass is 9.97. The first-order chi connectivity index (χ1) is 9.01. The quantitative estimate of drug-likeness (QED) is 0.759. The highest BCUT2D eigenvalue weighted by molar-refractivity contribution is 5.26. The second-order valence-corrected chi connectivity index (χ2v) is 5.24. The highest BCUT2D eigenvalue weighted by Crippen LogP contribution is 2.17. The predicted octanol–water partition coefficient (Wildman–Crippen LogP) is 2.19. The molecule has 4 heteroatoms. The fraction of sp³-hybridized carbons (Fsp3) is 0.800. The van der Waals surface area contributed by atoms with Crippen molar-refractivity contribution in [2.45, 2.75) is 65.5 Å². The van der Waals surface area contributed by atoms with Crippen LogP contribution < -0.4 is 5.32 Å². The summed E-state index contributed by atoms with van der Waals surface area (Å²) in [6.45, 7) is 9.80. The molecule has 1 heterocycles. The molecule has 2 N–H and O–H groups in total. The number of hydrogen-bond acceptors (Lipinski definition) is 3. The second kappa shape index (κ2) is 7.06. The minimum absolute atomic E-state index is 0.582. The Labute approximate surface area is 117 Å². The molecule has 0 fully saturated rings. The zero-order chi connectivity index (χ0) is 14.5. The summed E-state index contributed by atoms with van der Waals surface area (Å²) in [5.74, 6) is 0. The standard InChI is InChI=1S/C15H29N3O/c1-6-13-12(14(7-2)18(5)17-13)10-16-11-15(19,8-3)9-4/h16,19H,6-11H2,1-5H3. The van der Waals surface area contributed by atoms with Gasteiger partial charge in [0.25, 0.3) is 0 Å². The highest BCUT2D eigenvalue weighted by atomic mass is 16.3. The Bertz CT molecular complexity index is 394. The number of nitrogens with one attached hydrogen (secondary N) is 1. The Morgan fingerprint density at radius 1 is 1.16 bits per heavy atom. The van der Waals surface area contributed by atoms with Crippen molar-refractivity contribution < 1.29 is 5.11 Å². The van der Waals surface area contributed by atoms with Gasteiger partial charge in [0.2, 0.25) is 0 Å². The lowest BCUT2D eigenvalue weighted by molar-refractivity contribution is 0.0322. The summed E-state index contributed by atoms with van der Waals surface area (Å²) in [4.78, 5) is 0. The van der Waals surface area contributed by atoms with E-state index in [2.05, 4.69) is 24.3 Å². The van der Waals surface area contributed by atoms with Crippen LogP contribution in [0.3, 0.4) is 0 Å². The minimum atomic E-state index is -0.582. The smallest absolute Gasteiger partial charge is 0.0766 e. The van der Waals surface area contributed by atoms with Gasteiger partial charge in [-0.25, -0.2) is 0 Å². The first kappa shape index (κ1) is 16.2. The van der Waals surface area contributed by atoms with E-state index in [1.54, 1.807) is 0 Å². The van der Waals surface area contributed by atoms with Crippen molar-refractivity contribution >= 4 is 0 Å². The fourth-order valence-electron chi connectivity index (χ4n) is 2.51. The second-order valence-electron chi connectivity index (χ2n) is 5.24. The molecule has 0 bridgehead atoms. The van der Waals surface area contributed by atoms with Gasteiger partial charge in [-0.05, 0) is 25.7 Å². The van der Waals surface area contributed by atoms with Crippen molar-refractivity contribution in [1.82, 2.24) is 15.1 Å². The van der Waals surface area contributed by atoms with Gasteiger partial charge in [0.15, 0.2) is 0 Å². The Balaban J connectivity index is 2.72. The van der Waals surface area contributed by atoms with Gasteiger partial charge < -0.3 is 10.4 Å². The minimum Gasteiger partial charge on any atom is -0.389 e. The average Bonchev–Trinajstić information content (AvgIpc) is 2.74. The number of rotatable bonds is 8. The number of nitrogens with zero attached hydrogens (tertiary/aromatic N) is 2. The molecule has 0 radical (unpaired) electrons. The van der Waals surface area contributed by atoms with Gasteiger partial charge in [-0.15, -0.1) is 0 Å². The topological polar surface area (TPSA) is 50.1 Å². The molecule has 0 aliphatic rings. The summed E-state index contributed by atoms with van der Waals surface area (Å²) in [6.07, 6.45) is 3.51. The van der Waals surface area contributed by atoms with Crippen LogP contribution in [0.25, 0.3) is 0 Å². The maximum Gasteiger partial charge on any atom is 0.0766 e. The normalized spacial score (nSPS) is 12.1. The molecule has 0 amide bonds. The molecular weight excluding hydrogens is 238 g/mol. The van der Waals surface area contributed by atoms with Crippen LogP contribution >= 0.6 is 0 Å². The van der Waals surface area contributed by atoms with Crippen molar-refractivity contribution in [1.29, 1.82) is 0 Å². The number of aromatic nitrogens is 2. The summed E-state index contributed by atoms with van der Waals surface area (Å²) >= 11 is 0. The van der Waals surface area contributed by atoms with E-state index in [0.29, 0.717) is 6.54 Å². The third-order valence-corrected chi connectivity index (χ3v) is 4.10. The Kier molecular flexibility index (Phi) is 6.01. The third-order valence-electron chi connectivity index (χ3n) is 4.10. The maximum absolute atomic E-state index is 10.3. The van der Waals surface area contributed by atoms with Crippen LogP contribution in [0.4, 0.5) is 0 Å². The van der Waals surface area contributed by atoms with Crippen molar-refractivity contribution in [3.8, 4) is 0 Å². The van der Waals surface area contributed by atoms with E-state index in [0.717, 1.165) is 32.2 Å². The summed E-state index contributed by atoms with van der Waals surface area (Å²) in [5, 5.41) is 18.3. The van der Waals surface area contributed by atoms with Crippen LogP contribution in [0.5, 0.6) is 0 Å². The lowest BCUT2D eigenvalue weighted by Gasteiger charge is -2.25. The Hall–Kier alpha value is -0.870. The molecule has 0 saturated heterocycles. The van der Waals surface area contributed by atoms with E-state index in [-0.39, 0.29) is 0 Å². The molecule has 4 nitrogen and oxygen atoms in total. The summed E-state index contributed by atoms with van der Waals surface area (Å²) in [6, 6.07) is 0. The van der Waals surface area contributed by atoms with Crippen molar-refractivity contribution in [3.63, 3.8) is 0 Å². The van der Waals surface area contributed by atoms with E-state index in [1.165, 1.54) is 17.0 Å². The average molecular weight is 267 g/mol. The summed E-state index contributed by atoms with van der Waals surface area (Å²) < 4.78 is 1.99. The van der Waals surface area contributed by atoms with E-state index >= 15 is 0 Å². The highest BCUT2D eigenvalue weighted by Gasteiger charge is 2.22. The van der Waals surface area contributed by atoms with Crippen LogP contribution in [0.2, 0.25) is 0 Å². The molecule has 19 heavy (non-hydrogen) atoms. The van der Waals surface area contributed by atoms with Crippen LogP contribution in [-0.4, -0.2) is 27.0 Å². The largest absolute Gasteiger partial charge is 0.389 e. The van der Waals surface area contributed by atoms with Gasteiger partial charge in [0.05, 0.1) is 11.3 Å². The SMILES string of the molecule is CCc1nn(C)c(CC)c1CNCC(O)(CC)CC. The number of hydrogen-bond donors (Lipinski definition) is 2. The summed E-state index contributed by atoms with van der Waals surface area (Å²) in [5.41, 5.74) is 3.19. The van der Waals surface area contributed by atoms with Crippen molar-refractivity contribution in [3.05, 3.63) is 17.0 Å². The van der Waals surface area contributed by atoms with Gasteiger partial charge in [0, 0.05) is 31.4 Å². The van der Waals surface area contributed by atoms with Gasteiger partial charge in [-0.3, -0.25) is 4.68 Å². The molecule has 0 aromatic carbocycles. The predicted molar refractivity (Wildman–Crippen MR) is 79.2 cm³/mol. The molecule has 1 aromatic rings. The monoisotopic (exact) mass is 267 g/mol. The Morgan fingerprint density at radius 2 is 1.79 bits per heavy atom. The van der Waals surface area contributed by atoms with E-state index in [9.17, 15) is 5.11 Å². The van der Waals surface area contributed by atoms with Crippen molar-refractivity contribution in [2.24, 2.45) is 7.05 Å². The zero-order valence-corrected chi connectivity index (χ0v) is 13.1. The number of aliphatic hydroxyl groups is 1. The molecular formula is C15H29N3O. The van der Waals surface area contributed by atoms with Gasteiger partial charge in [0.1, 0.15) is 0 Å². The maximum atomic E-state index is 10.3. The van der Waals surface area contributed by atoms with E-state index in [4.69, 9.17) is 0 Å². The molecule has 1 rings (SSSR count). The van der Waals surface area contributed by atoms with E-state index < -0.39 is 5.60 Å². The van der Waals surface area contributed by atoms with Crippen LogP contribution in [0.1, 0.15) is 57.5 Å². The van der Waals surface area contributed by atoms with Gasteiger partial charge in [-0.1, -0.05) is 27.7 Å². The van der Waals surface area contributed by atoms with Crippen molar-refractivity contribution in [2.75, 3.05) is 6.54 Å². The molecule has 0 saturated carbocycles. The first-order valence-electron chi connectivity index (χ1n) is 7.47. The van der Waals surface area contributed by atoms with Crippen LogP contribution in [0, 0.1) is 0 Å². The van der Waals surface area contributed by atoms with Gasteiger partial charge >= 0.3 is 0 Å². The third kappa shape index (κ3) is 3.80. The zero-order valence-electron chi connectivity index (χ0n) is 13.1. The summed E-state index contributed by atoms with van der Waals surface area (Å²) in [7, 11) is 2.01.